The maximum absolute atomic E-state index is 12.0. The van der Waals surface area contributed by atoms with E-state index >= 15 is 0 Å². The van der Waals surface area contributed by atoms with Gasteiger partial charge in [-0.1, -0.05) is 18.2 Å². The van der Waals surface area contributed by atoms with Crippen LogP contribution in [0.5, 0.6) is 11.5 Å². The smallest absolute Gasteiger partial charge is 0.251 e. The SMILES string of the molecule is CCOc1cc(NC(=NC)NCCNC(=O)c2ccccc2)ccc1OC.I. The highest BCUT2D eigenvalue weighted by molar-refractivity contribution is 14.0. The number of guanidine groups is 1. The van der Waals surface area contributed by atoms with Gasteiger partial charge in [-0.3, -0.25) is 9.79 Å². The number of anilines is 1. The molecule has 28 heavy (non-hydrogen) atoms. The molecule has 152 valence electrons. The van der Waals surface area contributed by atoms with E-state index < -0.39 is 0 Å². The van der Waals surface area contributed by atoms with Gasteiger partial charge in [0.2, 0.25) is 0 Å². The van der Waals surface area contributed by atoms with Crippen molar-refractivity contribution in [1.29, 1.82) is 0 Å². The normalized spacial score (nSPS) is 10.5. The Bertz CT molecular complexity index is 769. The van der Waals surface area contributed by atoms with Crippen molar-refractivity contribution in [3.63, 3.8) is 0 Å². The van der Waals surface area contributed by atoms with Crippen molar-refractivity contribution in [2.24, 2.45) is 4.99 Å². The second kappa shape index (κ2) is 12.8. The molecular formula is C20H27IN4O3. The Labute approximate surface area is 182 Å². The fourth-order valence-corrected chi connectivity index (χ4v) is 2.39. The third-order valence-corrected chi connectivity index (χ3v) is 3.69. The Morgan fingerprint density at radius 3 is 2.39 bits per heavy atom. The number of hydrogen-bond acceptors (Lipinski definition) is 4. The molecule has 2 aromatic rings. The fraction of sp³-hybridized carbons (Fsp3) is 0.300. The highest BCUT2D eigenvalue weighted by Gasteiger charge is 2.07. The van der Waals surface area contributed by atoms with Crippen molar-refractivity contribution >= 4 is 41.5 Å². The number of nitrogens with one attached hydrogen (secondary N) is 3. The molecule has 0 fully saturated rings. The van der Waals surface area contributed by atoms with Crippen molar-refractivity contribution in [2.45, 2.75) is 6.92 Å². The lowest BCUT2D eigenvalue weighted by molar-refractivity contribution is 0.0954. The van der Waals surface area contributed by atoms with Crippen LogP contribution in [0.1, 0.15) is 17.3 Å². The van der Waals surface area contributed by atoms with E-state index in [4.69, 9.17) is 9.47 Å². The van der Waals surface area contributed by atoms with Crippen LogP contribution in [-0.2, 0) is 0 Å². The summed E-state index contributed by atoms with van der Waals surface area (Å²) in [5.74, 6) is 1.83. The van der Waals surface area contributed by atoms with Crippen LogP contribution < -0.4 is 25.4 Å². The molecule has 0 bridgehead atoms. The summed E-state index contributed by atoms with van der Waals surface area (Å²) in [6, 6.07) is 14.7. The first kappa shape index (κ1) is 23.5. The fourth-order valence-electron chi connectivity index (χ4n) is 2.39. The number of benzene rings is 2. The Balaban J connectivity index is 0.00000392. The minimum atomic E-state index is -0.100. The lowest BCUT2D eigenvalue weighted by Gasteiger charge is -2.15. The molecule has 0 aromatic heterocycles. The van der Waals surface area contributed by atoms with Gasteiger partial charge in [-0.15, -0.1) is 24.0 Å². The summed E-state index contributed by atoms with van der Waals surface area (Å²) >= 11 is 0. The van der Waals surface area contributed by atoms with E-state index in [9.17, 15) is 4.79 Å². The van der Waals surface area contributed by atoms with Crippen LogP contribution in [0, 0.1) is 0 Å². The van der Waals surface area contributed by atoms with Crippen LogP contribution in [-0.4, -0.2) is 45.7 Å². The summed E-state index contributed by atoms with van der Waals surface area (Å²) in [7, 11) is 3.29. The van der Waals surface area contributed by atoms with Crippen molar-refractivity contribution in [3.05, 3.63) is 54.1 Å². The summed E-state index contributed by atoms with van der Waals surface area (Å²) in [6.07, 6.45) is 0. The standard InChI is InChI=1S/C20H26N4O3.HI/c1-4-27-18-14-16(10-11-17(18)26-3)24-20(21-2)23-13-12-22-19(25)15-8-6-5-7-9-15;/h5-11,14H,4,12-13H2,1-3H3,(H,22,25)(H2,21,23,24);1H. The number of halogens is 1. The highest BCUT2D eigenvalue weighted by Crippen LogP contribution is 2.30. The second-order valence-electron chi connectivity index (χ2n) is 5.54. The van der Waals surface area contributed by atoms with E-state index in [1.807, 2.05) is 43.3 Å². The number of amides is 1. The molecular weight excluding hydrogens is 471 g/mol. The third-order valence-electron chi connectivity index (χ3n) is 3.69. The van der Waals surface area contributed by atoms with Crippen LogP contribution in [0.2, 0.25) is 0 Å². The topological polar surface area (TPSA) is 84.0 Å². The predicted octanol–water partition coefficient (Wildman–Crippen LogP) is 3.13. The summed E-state index contributed by atoms with van der Waals surface area (Å²) in [5.41, 5.74) is 1.46. The van der Waals surface area contributed by atoms with Crippen LogP contribution in [0.25, 0.3) is 0 Å². The zero-order valence-electron chi connectivity index (χ0n) is 16.3. The van der Waals surface area contributed by atoms with Gasteiger partial charge in [0.15, 0.2) is 17.5 Å². The van der Waals surface area contributed by atoms with Crippen LogP contribution in [0.4, 0.5) is 5.69 Å². The van der Waals surface area contributed by atoms with Gasteiger partial charge in [-0.25, -0.2) is 0 Å². The van der Waals surface area contributed by atoms with Gasteiger partial charge in [0.1, 0.15) is 0 Å². The number of aliphatic imine (C=N–C) groups is 1. The Morgan fingerprint density at radius 2 is 1.75 bits per heavy atom. The Morgan fingerprint density at radius 1 is 1.04 bits per heavy atom. The molecule has 1 amide bonds. The van der Waals surface area contributed by atoms with E-state index in [1.54, 1.807) is 26.3 Å². The van der Waals surface area contributed by atoms with Gasteiger partial charge in [0.05, 0.1) is 13.7 Å². The molecule has 0 aliphatic heterocycles. The van der Waals surface area contributed by atoms with E-state index in [0.29, 0.717) is 42.7 Å². The minimum absolute atomic E-state index is 0. The zero-order valence-corrected chi connectivity index (χ0v) is 18.7. The lowest BCUT2D eigenvalue weighted by Crippen LogP contribution is -2.37. The van der Waals surface area contributed by atoms with Crippen LogP contribution in [0.15, 0.2) is 53.5 Å². The van der Waals surface area contributed by atoms with E-state index in [-0.39, 0.29) is 29.9 Å². The zero-order chi connectivity index (χ0) is 19.5. The van der Waals surface area contributed by atoms with Crippen molar-refractivity contribution < 1.29 is 14.3 Å². The van der Waals surface area contributed by atoms with Crippen LogP contribution in [0.3, 0.4) is 0 Å². The van der Waals surface area contributed by atoms with E-state index in [0.717, 1.165) is 5.69 Å². The highest BCUT2D eigenvalue weighted by atomic mass is 127. The number of carbonyl (C=O) groups excluding carboxylic acids is 1. The van der Waals surface area contributed by atoms with Crippen molar-refractivity contribution in [1.82, 2.24) is 10.6 Å². The molecule has 2 rings (SSSR count). The molecule has 3 N–H and O–H groups in total. The Kier molecular flexibility index (Phi) is 10.8. The third kappa shape index (κ3) is 7.26. The molecule has 2 aromatic carbocycles. The molecule has 0 atom stereocenters. The number of ether oxygens (including phenoxy) is 2. The van der Waals surface area contributed by atoms with Crippen molar-refractivity contribution in [2.75, 3.05) is 39.2 Å². The van der Waals surface area contributed by atoms with Crippen LogP contribution >= 0.6 is 24.0 Å². The maximum Gasteiger partial charge on any atom is 0.251 e. The van der Waals surface area contributed by atoms with Gasteiger partial charge in [0, 0.05) is 37.5 Å². The quantitative estimate of drug-likeness (QED) is 0.226. The largest absolute Gasteiger partial charge is 0.493 e. The number of methoxy groups -OCH3 is 1. The second-order valence-corrected chi connectivity index (χ2v) is 5.54. The maximum atomic E-state index is 12.0. The average molecular weight is 498 g/mol. The van der Waals surface area contributed by atoms with E-state index in [1.165, 1.54) is 0 Å². The van der Waals surface area contributed by atoms with Gasteiger partial charge in [-0.05, 0) is 31.2 Å². The Hall–Kier alpha value is -2.49. The first-order valence-electron chi connectivity index (χ1n) is 8.79. The number of carbonyl (C=O) groups is 1. The number of nitrogens with zero attached hydrogens (tertiary/aromatic N) is 1. The van der Waals surface area contributed by atoms with Gasteiger partial charge >= 0.3 is 0 Å². The van der Waals surface area contributed by atoms with Gasteiger partial charge in [-0.2, -0.15) is 0 Å². The first-order chi connectivity index (χ1) is 13.2. The monoisotopic (exact) mass is 498 g/mol. The minimum Gasteiger partial charge on any atom is -0.493 e. The summed E-state index contributed by atoms with van der Waals surface area (Å²) in [6.45, 7) is 3.48. The molecule has 0 spiro atoms. The molecule has 0 saturated heterocycles. The molecule has 0 unspecified atom stereocenters. The molecule has 0 heterocycles. The molecule has 0 radical (unpaired) electrons. The summed E-state index contributed by atoms with van der Waals surface area (Å²) in [5, 5.41) is 9.21. The predicted molar refractivity (Wildman–Crippen MR) is 123 cm³/mol. The number of hydrogen-bond donors (Lipinski definition) is 3. The molecule has 0 aliphatic carbocycles. The average Bonchev–Trinajstić information content (AvgIpc) is 2.71. The van der Waals surface area contributed by atoms with Gasteiger partial charge < -0.3 is 25.4 Å². The first-order valence-corrected chi connectivity index (χ1v) is 8.79. The molecule has 0 saturated carbocycles. The molecule has 8 heteroatoms. The summed E-state index contributed by atoms with van der Waals surface area (Å²) in [4.78, 5) is 16.2. The number of rotatable bonds is 8. The molecule has 0 aliphatic rings. The lowest BCUT2D eigenvalue weighted by atomic mass is 10.2. The van der Waals surface area contributed by atoms with E-state index in [2.05, 4.69) is 20.9 Å². The van der Waals surface area contributed by atoms with Gasteiger partial charge in [0.25, 0.3) is 5.91 Å². The molecule has 7 nitrogen and oxygen atoms in total. The van der Waals surface area contributed by atoms with Crippen molar-refractivity contribution in [3.8, 4) is 11.5 Å². The summed E-state index contributed by atoms with van der Waals surface area (Å²) < 4.78 is 10.9.